The molecule has 0 radical (unpaired) electrons. The second kappa shape index (κ2) is 7.95. The van der Waals surface area contributed by atoms with Crippen LogP contribution < -0.4 is 4.74 Å². The SMILES string of the molecule is N#Cc1cnc(OCC2CC3(C(=O)N4N=CCC4c4cccc(CO)c4F)CCC23)cn1. The third kappa shape index (κ3) is 3.14. The van der Waals surface area contributed by atoms with Crippen molar-refractivity contribution in [1.29, 1.82) is 5.26 Å². The number of aliphatic hydroxyl groups excluding tert-OH is 1. The van der Waals surface area contributed by atoms with Gasteiger partial charge in [0.05, 0.1) is 37.1 Å². The predicted octanol–water partition coefficient (Wildman–Crippen LogP) is 2.73. The summed E-state index contributed by atoms with van der Waals surface area (Å²) in [5.74, 6) is 0.247. The number of fused-ring (bicyclic) bond motifs is 1. The highest BCUT2D eigenvalue weighted by atomic mass is 19.1. The summed E-state index contributed by atoms with van der Waals surface area (Å²) in [5.41, 5.74) is 0.364. The molecule has 3 aliphatic rings. The summed E-state index contributed by atoms with van der Waals surface area (Å²) >= 11 is 0. The minimum atomic E-state index is -0.492. The van der Waals surface area contributed by atoms with Crippen LogP contribution in [0.2, 0.25) is 0 Å². The molecule has 4 unspecified atom stereocenters. The van der Waals surface area contributed by atoms with E-state index in [2.05, 4.69) is 15.1 Å². The third-order valence-electron chi connectivity index (χ3n) is 7.10. The fourth-order valence-electron chi connectivity index (χ4n) is 5.29. The van der Waals surface area contributed by atoms with Crippen LogP contribution in [0.3, 0.4) is 0 Å². The van der Waals surface area contributed by atoms with Crippen molar-refractivity contribution in [2.75, 3.05) is 6.61 Å². The first-order valence-corrected chi connectivity index (χ1v) is 10.7. The lowest BCUT2D eigenvalue weighted by Crippen LogP contribution is -2.64. The summed E-state index contributed by atoms with van der Waals surface area (Å²) in [7, 11) is 0. The molecule has 1 aromatic heterocycles. The molecule has 4 atom stereocenters. The van der Waals surface area contributed by atoms with Crippen molar-refractivity contribution in [2.45, 2.75) is 38.3 Å². The zero-order valence-corrected chi connectivity index (χ0v) is 17.3. The van der Waals surface area contributed by atoms with Gasteiger partial charge in [0.2, 0.25) is 11.8 Å². The molecule has 2 saturated carbocycles. The quantitative estimate of drug-likeness (QED) is 0.747. The van der Waals surface area contributed by atoms with Crippen molar-refractivity contribution >= 4 is 12.1 Å². The van der Waals surface area contributed by atoms with Crippen LogP contribution >= 0.6 is 0 Å². The van der Waals surface area contributed by atoms with Gasteiger partial charge >= 0.3 is 0 Å². The fraction of sp³-hybridized carbons (Fsp3) is 0.435. The lowest BCUT2D eigenvalue weighted by molar-refractivity contribution is -0.189. The normalized spacial score (nSPS) is 27.8. The monoisotopic (exact) mass is 435 g/mol. The molecule has 2 heterocycles. The van der Waals surface area contributed by atoms with E-state index in [4.69, 9.17) is 10.00 Å². The number of hydrogen-bond acceptors (Lipinski definition) is 7. The zero-order valence-electron chi connectivity index (χ0n) is 17.3. The van der Waals surface area contributed by atoms with Crippen LogP contribution in [0.1, 0.15) is 48.5 Å². The molecule has 9 heteroatoms. The number of halogens is 1. The Kier molecular flexibility index (Phi) is 5.10. The number of benzene rings is 1. The van der Waals surface area contributed by atoms with Crippen molar-refractivity contribution in [3.63, 3.8) is 0 Å². The number of aliphatic hydroxyl groups is 1. The largest absolute Gasteiger partial charge is 0.476 e. The topological polar surface area (TPSA) is 112 Å². The Bertz CT molecular complexity index is 1120. The Morgan fingerprint density at radius 2 is 2.25 bits per heavy atom. The molecule has 5 rings (SSSR count). The van der Waals surface area contributed by atoms with Gasteiger partial charge < -0.3 is 9.84 Å². The number of nitriles is 1. The lowest BCUT2D eigenvalue weighted by atomic mass is 9.42. The minimum Gasteiger partial charge on any atom is -0.476 e. The van der Waals surface area contributed by atoms with Gasteiger partial charge in [-0.2, -0.15) is 10.4 Å². The fourth-order valence-corrected chi connectivity index (χ4v) is 5.29. The van der Waals surface area contributed by atoms with Gasteiger partial charge in [-0.15, -0.1) is 0 Å². The van der Waals surface area contributed by atoms with Crippen LogP contribution in [0.25, 0.3) is 0 Å². The third-order valence-corrected chi connectivity index (χ3v) is 7.10. The molecule has 1 aromatic carbocycles. The maximum Gasteiger partial charge on any atom is 0.249 e. The number of aromatic nitrogens is 2. The number of ether oxygens (including phenoxy) is 1. The van der Waals surface area contributed by atoms with Crippen LogP contribution in [-0.2, 0) is 11.4 Å². The summed E-state index contributed by atoms with van der Waals surface area (Å²) in [6.07, 6.45) is 7.32. The van der Waals surface area contributed by atoms with Gasteiger partial charge in [-0.1, -0.05) is 18.2 Å². The van der Waals surface area contributed by atoms with E-state index in [0.717, 1.165) is 12.8 Å². The van der Waals surface area contributed by atoms with E-state index in [9.17, 15) is 14.3 Å². The van der Waals surface area contributed by atoms with Crippen molar-refractivity contribution < 1.29 is 19.0 Å². The van der Waals surface area contributed by atoms with Gasteiger partial charge in [-0.05, 0) is 31.1 Å². The lowest BCUT2D eigenvalue weighted by Gasteiger charge is -2.62. The van der Waals surface area contributed by atoms with E-state index in [1.165, 1.54) is 23.5 Å². The summed E-state index contributed by atoms with van der Waals surface area (Å²) in [5, 5.41) is 23.9. The standard InChI is InChI=1S/C23H22FN5O3/c24-21-14(12-30)2-1-3-17(21)19-5-7-28-29(19)22(31)23-6-4-18(23)15(8-23)13-32-20-11-26-16(9-25)10-27-20/h1-3,7,10-11,15,18-19,30H,4-6,8,12-13H2. The van der Waals surface area contributed by atoms with Crippen molar-refractivity contribution in [3.8, 4) is 11.9 Å². The van der Waals surface area contributed by atoms with Crippen LogP contribution in [0, 0.1) is 34.4 Å². The summed E-state index contributed by atoms with van der Waals surface area (Å²) in [6.45, 7) is 0.0403. The first-order valence-electron chi connectivity index (χ1n) is 10.7. The Morgan fingerprint density at radius 1 is 1.38 bits per heavy atom. The highest BCUT2D eigenvalue weighted by Crippen LogP contribution is 2.65. The number of carbonyl (C=O) groups excluding carboxylic acids is 1. The van der Waals surface area contributed by atoms with Crippen molar-refractivity contribution in [2.24, 2.45) is 22.4 Å². The predicted molar refractivity (Wildman–Crippen MR) is 111 cm³/mol. The van der Waals surface area contributed by atoms with Crippen molar-refractivity contribution in [3.05, 3.63) is 53.2 Å². The second-order valence-corrected chi connectivity index (χ2v) is 8.61. The number of carbonyl (C=O) groups is 1. The van der Waals surface area contributed by atoms with Gasteiger partial charge in [0.1, 0.15) is 11.9 Å². The number of hydrogen-bond donors (Lipinski definition) is 1. The first-order chi connectivity index (χ1) is 15.6. The smallest absolute Gasteiger partial charge is 0.249 e. The van der Waals surface area contributed by atoms with E-state index in [-0.39, 0.29) is 29.0 Å². The summed E-state index contributed by atoms with van der Waals surface area (Å²) in [6, 6.07) is 6.31. The zero-order chi connectivity index (χ0) is 22.3. The number of rotatable bonds is 6. The Hall–Kier alpha value is -3.38. The van der Waals surface area contributed by atoms with E-state index < -0.39 is 23.9 Å². The first kappa shape index (κ1) is 20.5. The molecular formula is C23H22FN5O3. The Labute approximate surface area is 184 Å². The highest BCUT2D eigenvalue weighted by Gasteiger charge is 2.65. The van der Waals surface area contributed by atoms with Gasteiger partial charge in [0, 0.05) is 23.8 Å². The molecule has 2 aliphatic carbocycles. The second-order valence-electron chi connectivity index (χ2n) is 8.61. The molecule has 1 N–H and O–H groups in total. The maximum atomic E-state index is 14.8. The van der Waals surface area contributed by atoms with Crippen LogP contribution in [0.5, 0.6) is 5.88 Å². The average molecular weight is 435 g/mol. The van der Waals surface area contributed by atoms with Gasteiger partial charge in [-0.3, -0.25) is 4.79 Å². The molecule has 2 fully saturated rings. The number of nitrogens with zero attached hydrogens (tertiary/aromatic N) is 5. The molecule has 1 amide bonds. The number of hydrazone groups is 1. The Morgan fingerprint density at radius 3 is 2.91 bits per heavy atom. The minimum absolute atomic E-state index is 0.0595. The van der Waals surface area contributed by atoms with Crippen LogP contribution in [-0.4, -0.2) is 38.8 Å². The number of amides is 1. The molecule has 0 bridgehead atoms. The average Bonchev–Trinajstić information content (AvgIpc) is 3.29. The summed E-state index contributed by atoms with van der Waals surface area (Å²) < 4.78 is 20.6. The molecule has 1 aliphatic heterocycles. The van der Waals surface area contributed by atoms with Crippen molar-refractivity contribution in [1.82, 2.24) is 15.0 Å². The van der Waals surface area contributed by atoms with E-state index in [1.807, 2.05) is 6.07 Å². The Balaban J connectivity index is 1.26. The van der Waals surface area contributed by atoms with E-state index in [1.54, 1.807) is 18.3 Å². The summed E-state index contributed by atoms with van der Waals surface area (Å²) in [4.78, 5) is 21.5. The molecular weight excluding hydrogens is 413 g/mol. The molecule has 164 valence electrons. The molecule has 0 saturated heterocycles. The van der Waals surface area contributed by atoms with Gasteiger partial charge in [-0.25, -0.2) is 19.4 Å². The highest BCUT2D eigenvalue weighted by molar-refractivity contribution is 5.87. The van der Waals surface area contributed by atoms with Gasteiger partial charge in [0.25, 0.3) is 0 Å². The molecule has 2 aromatic rings. The van der Waals surface area contributed by atoms with Crippen LogP contribution in [0.4, 0.5) is 4.39 Å². The van der Waals surface area contributed by atoms with Gasteiger partial charge in [0.15, 0.2) is 5.69 Å². The molecule has 0 spiro atoms. The molecule has 8 nitrogen and oxygen atoms in total. The maximum absolute atomic E-state index is 14.8. The van der Waals surface area contributed by atoms with E-state index in [0.29, 0.717) is 30.9 Å². The van der Waals surface area contributed by atoms with Crippen LogP contribution in [0.15, 0.2) is 35.7 Å². The van der Waals surface area contributed by atoms with E-state index >= 15 is 0 Å². The molecule has 32 heavy (non-hydrogen) atoms.